The first-order chi connectivity index (χ1) is 9.72. The molecule has 1 aromatic heterocycles. The summed E-state index contributed by atoms with van der Waals surface area (Å²) in [7, 11) is 0. The smallest absolute Gasteiger partial charge is 0.506 e. The van der Waals surface area contributed by atoms with E-state index >= 15 is 0 Å². The number of rotatable bonds is 2. The summed E-state index contributed by atoms with van der Waals surface area (Å²) in [5, 5.41) is 12.3. The summed E-state index contributed by atoms with van der Waals surface area (Å²) < 4.78 is 2.31. The fourth-order valence-electron chi connectivity index (χ4n) is 2.14. The van der Waals surface area contributed by atoms with Crippen LogP contribution in [-0.4, -0.2) is 5.11 Å². The summed E-state index contributed by atoms with van der Waals surface area (Å²) >= 11 is 1.69. The van der Waals surface area contributed by atoms with Crippen molar-refractivity contribution in [3.63, 3.8) is 0 Å². The molecule has 1 nitrogen and oxygen atoms in total. The molecule has 0 atom stereocenters. The molecule has 0 saturated carbocycles. The van der Waals surface area contributed by atoms with Gasteiger partial charge in [0, 0.05) is 15.5 Å². The second kappa shape index (κ2) is 8.49. The largest absolute Gasteiger partial charge is 1.00 e. The third-order valence-electron chi connectivity index (χ3n) is 3.32. The average Bonchev–Trinajstić information content (AvgIpc) is 2.88. The molecule has 1 heterocycles. The molecule has 3 heteroatoms. The summed E-state index contributed by atoms with van der Waals surface area (Å²) in [6, 6.07) is 12.1. The third-order valence-corrected chi connectivity index (χ3v) is 4.64. The van der Waals surface area contributed by atoms with Crippen molar-refractivity contribution in [1.29, 1.82) is 0 Å². The van der Waals surface area contributed by atoms with Gasteiger partial charge in [-0.15, -0.1) is 11.3 Å². The van der Waals surface area contributed by atoms with E-state index in [-0.39, 0.29) is 18.9 Å². The Balaban J connectivity index is 0.000000397. The number of hydrogen-bond donors (Lipinski definition) is 1. The number of unbranched alkanes of at least 4 members (excludes halogenated alkanes) is 1. The molecule has 3 rings (SSSR count). The van der Waals surface area contributed by atoms with E-state index in [1.807, 2.05) is 6.07 Å². The van der Waals surface area contributed by atoms with Gasteiger partial charge in [0.2, 0.25) is 0 Å². The van der Waals surface area contributed by atoms with Crippen molar-refractivity contribution in [3.05, 3.63) is 48.9 Å². The summed E-state index contributed by atoms with van der Waals surface area (Å²) in [5.74, 6) is 0.390. The fourth-order valence-corrected chi connectivity index (χ4v) is 3.44. The quantitative estimate of drug-likeness (QED) is 0.569. The van der Waals surface area contributed by atoms with E-state index in [2.05, 4.69) is 45.0 Å². The SMILES string of the molecule is CCc1cccc2c1sc1c(O)cccc12.[CH2-]CCC.[Li+]. The molecule has 21 heavy (non-hydrogen) atoms. The first-order valence-electron chi connectivity index (χ1n) is 7.14. The number of phenols is 1. The molecule has 0 radical (unpaired) electrons. The van der Waals surface area contributed by atoms with Crippen LogP contribution >= 0.6 is 11.3 Å². The molecule has 2 aromatic carbocycles. The van der Waals surface area contributed by atoms with Crippen LogP contribution in [0.4, 0.5) is 0 Å². The normalized spacial score (nSPS) is 10.0. The van der Waals surface area contributed by atoms with E-state index < -0.39 is 0 Å². The molecule has 0 aliphatic heterocycles. The molecule has 0 bridgehead atoms. The molecule has 0 spiro atoms. The van der Waals surface area contributed by atoms with E-state index in [0.717, 1.165) is 22.9 Å². The standard InChI is InChI=1S/C14H12OS.C4H9.Li/c1-2-9-5-3-6-10-11-7-4-8-12(15)14(11)16-13(9)10;1-3-4-2;/h3-8,15H,2H2,1H3;1,3-4H2,2H3;/q;-1;+1. The second-order valence-corrected chi connectivity index (χ2v) is 5.78. The molecule has 0 aliphatic rings. The van der Waals surface area contributed by atoms with E-state index in [0.29, 0.717) is 5.75 Å². The zero-order chi connectivity index (χ0) is 14.5. The van der Waals surface area contributed by atoms with Crippen LogP contribution in [0.15, 0.2) is 36.4 Å². The summed E-state index contributed by atoms with van der Waals surface area (Å²) in [4.78, 5) is 0. The Morgan fingerprint density at radius 1 is 1.00 bits per heavy atom. The van der Waals surface area contributed by atoms with Crippen LogP contribution in [-0.2, 0) is 6.42 Å². The van der Waals surface area contributed by atoms with Gasteiger partial charge < -0.3 is 12.0 Å². The zero-order valence-electron chi connectivity index (χ0n) is 13.1. The van der Waals surface area contributed by atoms with Crippen LogP contribution in [0.25, 0.3) is 20.2 Å². The first-order valence-corrected chi connectivity index (χ1v) is 7.95. The topological polar surface area (TPSA) is 20.2 Å². The maximum atomic E-state index is 9.85. The van der Waals surface area contributed by atoms with Gasteiger partial charge in [0.25, 0.3) is 0 Å². The van der Waals surface area contributed by atoms with Gasteiger partial charge in [-0.3, -0.25) is 0 Å². The maximum absolute atomic E-state index is 9.85. The molecule has 1 N–H and O–H groups in total. The fraction of sp³-hybridized carbons (Fsp3) is 0.278. The summed E-state index contributed by atoms with van der Waals surface area (Å²) in [6.07, 6.45) is 3.31. The Hall–Kier alpha value is -0.943. The average molecular weight is 292 g/mol. The van der Waals surface area contributed by atoms with E-state index in [9.17, 15) is 5.11 Å². The van der Waals surface area contributed by atoms with Crippen LogP contribution in [0.1, 0.15) is 32.3 Å². The Labute approximate surface area is 143 Å². The Morgan fingerprint density at radius 3 is 2.14 bits per heavy atom. The van der Waals surface area contributed by atoms with E-state index in [1.165, 1.54) is 22.1 Å². The van der Waals surface area contributed by atoms with Crippen molar-refractivity contribution in [2.45, 2.75) is 33.1 Å². The van der Waals surface area contributed by atoms with Gasteiger partial charge >= 0.3 is 18.9 Å². The van der Waals surface area contributed by atoms with Gasteiger partial charge in [-0.2, -0.15) is 6.42 Å². The van der Waals surface area contributed by atoms with Gasteiger partial charge in [0.05, 0.1) is 4.70 Å². The Bertz CT molecular complexity index is 701. The molecule has 0 aliphatic carbocycles. The van der Waals surface area contributed by atoms with Crippen molar-refractivity contribution < 1.29 is 24.0 Å². The van der Waals surface area contributed by atoms with Crippen molar-refractivity contribution in [3.8, 4) is 5.75 Å². The van der Waals surface area contributed by atoms with Crippen LogP contribution in [0.3, 0.4) is 0 Å². The summed E-state index contributed by atoms with van der Waals surface area (Å²) in [6.45, 7) is 7.89. The Morgan fingerprint density at radius 2 is 1.57 bits per heavy atom. The Kier molecular flexibility index (Phi) is 7.32. The molecule has 0 fully saturated rings. The van der Waals surface area contributed by atoms with Gasteiger partial charge in [-0.05, 0) is 18.1 Å². The van der Waals surface area contributed by atoms with Gasteiger partial charge in [0.15, 0.2) is 0 Å². The van der Waals surface area contributed by atoms with Gasteiger partial charge in [-0.1, -0.05) is 50.6 Å². The predicted molar refractivity (Wildman–Crippen MR) is 90.6 cm³/mol. The molecular weight excluding hydrogens is 271 g/mol. The number of benzene rings is 2. The minimum Gasteiger partial charge on any atom is -0.506 e. The molecular formula is C18H21LiOS. The van der Waals surface area contributed by atoms with Gasteiger partial charge in [0.1, 0.15) is 5.75 Å². The van der Waals surface area contributed by atoms with Crippen molar-refractivity contribution in [1.82, 2.24) is 0 Å². The number of phenolic OH excluding ortho intramolecular Hbond substituents is 1. The van der Waals surface area contributed by atoms with E-state index in [4.69, 9.17) is 0 Å². The van der Waals surface area contributed by atoms with Crippen molar-refractivity contribution in [2.24, 2.45) is 0 Å². The number of thiophene rings is 1. The van der Waals surface area contributed by atoms with Crippen LogP contribution in [0.5, 0.6) is 5.75 Å². The minimum absolute atomic E-state index is 0. The first kappa shape index (κ1) is 18.1. The number of hydrogen-bond acceptors (Lipinski definition) is 2. The van der Waals surface area contributed by atoms with E-state index in [1.54, 1.807) is 17.4 Å². The molecule has 0 amide bonds. The maximum Gasteiger partial charge on any atom is 1.00 e. The minimum atomic E-state index is 0. The molecule has 3 aromatic rings. The zero-order valence-corrected chi connectivity index (χ0v) is 14.0. The van der Waals surface area contributed by atoms with Crippen LogP contribution < -0.4 is 18.9 Å². The number of aryl methyl sites for hydroxylation is 1. The third kappa shape index (κ3) is 3.83. The van der Waals surface area contributed by atoms with Crippen LogP contribution in [0.2, 0.25) is 0 Å². The monoisotopic (exact) mass is 292 g/mol. The molecule has 106 valence electrons. The summed E-state index contributed by atoms with van der Waals surface area (Å²) in [5.41, 5.74) is 1.36. The second-order valence-electron chi connectivity index (χ2n) is 4.76. The molecule has 0 unspecified atom stereocenters. The molecule has 0 saturated heterocycles. The van der Waals surface area contributed by atoms with Crippen LogP contribution in [0, 0.1) is 6.92 Å². The number of aromatic hydroxyl groups is 1. The number of fused-ring (bicyclic) bond motifs is 3. The van der Waals surface area contributed by atoms with Gasteiger partial charge in [-0.25, -0.2) is 0 Å². The predicted octanol–water partition coefficient (Wildman–Crippen LogP) is 2.95. The van der Waals surface area contributed by atoms with Crippen molar-refractivity contribution >= 4 is 31.5 Å². The van der Waals surface area contributed by atoms with Crippen molar-refractivity contribution in [2.75, 3.05) is 0 Å².